The fourth-order valence-corrected chi connectivity index (χ4v) is 1.61. The van der Waals surface area contributed by atoms with Gasteiger partial charge in [0.2, 0.25) is 0 Å². The second-order valence-corrected chi connectivity index (χ2v) is 5.56. The van der Waals surface area contributed by atoms with Crippen LogP contribution in [0.4, 0.5) is 9.18 Å². The minimum atomic E-state index is -0.816. The summed E-state index contributed by atoms with van der Waals surface area (Å²) in [5.74, 6) is -0.160. The van der Waals surface area contributed by atoms with Gasteiger partial charge in [-0.1, -0.05) is 0 Å². The van der Waals surface area contributed by atoms with Gasteiger partial charge in [0.25, 0.3) is 0 Å². The van der Waals surface area contributed by atoms with Gasteiger partial charge in [0.15, 0.2) is 0 Å². The Kier molecular flexibility index (Phi) is 7.73. The number of nitrogens with one attached hydrogen (secondary N) is 1. The molecule has 106 valence electrons. The van der Waals surface area contributed by atoms with E-state index in [1.807, 2.05) is 0 Å². The molecule has 0 aromatic rings. The van der Waals surface area contributed by atoms with E-state index in [1.165, 1.54) is 7.11 Å². The standard InChI is InChI=1S/C11H20FNO4S/c1-11(2,3)17-10(15)13-8(9(14)16-4)5-6-18-7-12/h8H,5-7H2,1-4H3,(H,13,15)/i12-1. The molecule has 0 saturated heterocycles. The number of halogens is 1. The van der Waals surface area contributed by atoms with Crippen molar-refractivity contribution in [2.45, 2.75) is 38.8 Å². The lowest BCUT2D eigenvalue weighted by atomic mass is 10.2. The summed E-state index contributed by atoms with van der Waals surface area (Å²) in [6, 6.07) is -1.34. The minimum absolute atomic E-state index is 0.292. The summed E-state index contributed by atoms with van der Waals surface area (Å²) in [6.07, 6.45) is -0.399. The van der Waals surface area contributed by atoms with E-state index in [1.54, 1.807) is 20.8 Å². The van der Waals surface area contributed by atoms with Gasteiger partial charge in [-0.3, -0.25) is 0 Å². The third-order valence-corrected chi connectivity index (χ3v) is 2.48. The Morgan fingerprint density at radius 2 is 2.00 bits per heavy atom. The first-order valence-corrected chi connectivity index (χ1v) is 6.66. The van der Waals surface area contributed by atoms with E-state index in [0.29, 0.717) is 12.2 Å². The maximum Gasteiger partial charge on any atom is 0.408 e. The van der Waals surface area contributed by atoms with Crippen molar-refractivity contribution < 1.29 is 23.5 Å². The summed E-state index contributed by atoms with van der Waals surface area (Å²) in [5.41, 5.74) is -0.640. The predicted molar refractivity (Wildman–Crippen MR) is 68.2 cm³/mol. The van der Waals surface area contributed by atoms with Crippen LogP contribution in [-0.4, -0.2) is 42.6 Å². The van der Waals surface area contributed by atoms with Gasteiger partial charge in [-0.25, -0.2) is 14.0 Å². The Balaban J connectivity index is 4.31. The SMILES string of the molecule is COC(=O)C(CCSC[18F])NC(=O)OC(C)(C)C. The molecule has 7 heteroatoms. The molecule has 1 unspecified atom stereocenters. The molecule has 0 bridgehead atoms. The highest BCUT2D eigenvalue weighted by atomic mass is 32.2. The largest absolute Gasteiger partial charge is 0.467 e. The van der Waals surface area contributed by atoms with Crippen LogP contribution in [-0.2, 0) is 14.3 Å². The lowest BCUT2D eigenvalue weighted by Crippen LogP contribution is -2.44. The highest BCUT2D eigenvalue weighted by molar-refractivity contribution is 7.99. The highest BCUT2D eigenvalue weighted by Crippen LogP contribution is 2.09. The van der Waals surface area contributed by atoms with Crippen LogP contribution in [0, 0.1) is 0 Å². The van der Waals surface area contributed by atoms with Crippen LogP contribution < -0.4 is 5.32 Å². The molecule has 0 radical (unpaired) electrons. The molecule has 18 heavy (non-hydrogen) atoms. The van der Waals surface area contributed by atoms with Gasteiger partial charge in [0.1, 0.15) is 17.6 Å². The zero-order valence-corrected chi connectivity index (χ0v) is 11.9. The molecular formula is C11H20FNO4S. The fraction of sp³-hybridized carbons (Fsp3) is 0.818. The molecule has 0 fully saturated rings. The van der Waals surface area contributed by atoms with Crippen LogP contribution in [0.1, 0.15) is 27.2 Å². The van der Waals surface area contributed by atoms with Gasteiger partial charge in [0.05, 0.1) is 7.11 Å². The molecule has 0 aliphatic carbocycles. The Bertz CT molecular complexity index is 281. The van der Waals surface area contributed by atoms with E-state index in [4.69, 9.17) is 4.74 Å². The molecule has 1 N–H and O–H groups in total. The van der Waals surface area contributed by atoms with Gasteiger partial charge in [0, 0.05) is 0 Å². The number of hydrogen-bond donors (Lipinski definition) is 1. The Morgan fingerprint density at radius 3 is 2.44 bits per heavy atom. The molecule has 1 atom stereocenters. The van der Waals surface area contributed by atoms with Crippen molar-refractivity contribution >= 4 is 23.8 Å². The average molecular weight is 280 g/mol. The molecule has 0 aromatic carbocycles. The number of esters is 1. The van der Waals surface area contributed by atoms with E-state index < -0.39 is 29.7 Å². The first kappa shape index (κ1) is 17.0. The molecule has 0 aliphatic rings. The Morgan fingerprint density at radius 1 is 1.39 bits per heavy atom. The molecule has 5 nitrogen and oxygen atoms in total. The predicted octanol–water partition coefficient (Wildman–Crippen LogP) is 2.10. The minimum Gasteiger partial charge on any atom is -0.467 e. The van der Waals surface area contributed by atoms with Gasteiger partial charge in [-0.2, -0.15) is 0 Å². The third-order valence-electron chi connectivity index (χ3n) is 1.80. The summed E-state index contributed by atoms with van der Waals surface area (Å²) in [5, 5.41) is 2.41. The molecular weight excluding hydrogens is 260 g/mol. The molecule has 0 rings (SSSR count). The van der Waals surface area contributed by atoms with Gasteiger partial charge in [-0.15, -0.1) is 11.8 Å². The number of rotatable bonds is 6. The molecule has 0 saturated carbocycles. The van der Waals surface area contributed by atoms with Crippen molar-refractivity contribution in [1.29, 1.82) is 0 Å². The highest BCUT2D eigenvalue weighted by Gasteiger charge is 2.24. The molecule has 0 heterocycles. The maximum absolute atomic E-state index is 11.9. The van der Waals surface area contributed by atoms with Crippen molar-refractivity contribution in [2.75, 3.05) is 18.9 Å². The number of ether oxygens (including phenoxy) is 2. The van der Waals surface area contributed by atoms with Crippen molar-refractivity contribution in [1.82, 2.24) is 5.32 Å². The fourth-order valence-electron chi connectivity index (χ4n) is 1.10. The quantitative estimate of drug-likeness (QED) is 0.596. The van der Waals surface area contributed by atoms with Crippen LogP contribution in [0.15, 0.2) is 0 Å². The Labute approximate surface area is 111 Å². The van der Waals surface area contributed by atoms with Crippen LogP contribution >= 0.6 is 11.8 Å². The number of hydrogen-bond acceptors (Lipinski definition) is 5. The Hall–Kier alpha value is -0.980. The zero-order valence-electron chi connectivity index (χ0n) is 11.1. The average Bonchev–Trinajstić information content (AvgIpc) is 2.24. The number of methoxy groups -OCH3 is 1. The van der Waals surface area contributed by atoms with Crippen LogP contribution in [0.25, 0.3) is 0 Å². The second kappa shape index (κ2) is 8.18. The zero-order chi connectivity index (χ0) is 14.2. The van der Waals surface area contributed by atoms with Crippen LogP contribution in [0.2, 0.25) is 0 Å². The number of alkyl halides is 1. The summed E-state index contributed by atoms with van der Waals surface area (Å²) in [4.78, 5) is 22.9. The van der Waals surface area contributed by atoms with Crippen molar-refractivity contribution in [2.24, 2.45) is 0 Å². The van der Waals surface area contributed by atoms with E-state index in [0.717, 1.165) is 11.8 Å². The first-order chi connectivity index (χ1) is 8.30. The third kappa shape index (κ3) is 8.16. The number of thioether (sulfide) groups is 1. The summed E-state index contributed by atoms with van der Waals surface area (Å²) < 4.78 is 21.5. The van der Waals surface area contributed by atoms with Crippen molar-refractivity contribution in [3.05, 3.63) is 0 Å². The summed E-state index contributed by atoms with van der Waals surface area (Å²) in [6.45, 7) is 5.16. The van der Waals surface area contributed by atoms with E-state index in [2.05, 4.69) is 10.1 Å². The molecule has 0 aliphatic heterocycles. The van der Waals surface area contributed by atoms with Crippen molar-refractivity contribution in [3.63, 3.8) is 0 Å². The lowest BCUT2D eigenvalue weighted by Gasteiger charge is -2.22. The number of carbonyl (C=O) groups is 2. The molecule has 0 aromatic heterocycles. The van der Waals surface area contributed by atoms with E-state index >= 15 is 0 Å². The lowest BCUT2D eigenvalue weighted by molar-refractivity contribution is -0.143. The van der Waals surface area contributed by atoms with E-state index in [-0.39, 0.29) is 0 Å². The van der Waals surface area contributed by atoms with Crippen LogP contribution in [0.3, 0.4) is 0 Å². The van der Waals surface area contributed by atoms with Crippen LogP contribution in [0.5, 0.6) is 0 Å². The second-order valence-electron chi connectivity index (χ2n) is 4.53. The van der Waals surface area contributed by atoms with Gasteiger partial charge < -0.3 is 14.8 Å². The normalized spacial score (nSPS) is 12.7. The summed E-state index contributed by atoms with van der Waals surface area (Å²) >= 11 is 1.04. The smallest absolute Gasteiger partial charge is 0.408 e. The topological polar surface area (TPSA) is 64.6 Å². The van der Waals surface area contributed by atoms with Gasteiger partial charge >= 0.3 is 12.1 Å². The number of alkyl carbamates (subject to hydrolysis) is 1. The number of amides is 1. The van der Waals surface area contributed by atoms with Gasteiger partial charge in [-0.05, 0) is 32.9 Å². The molecule has 0 spiro atoms. The monoisotopic (exact) mass is 280 g/mol. The molecule has 1 amide bonds. The van der Waals surface area contributed by atoms with Crippen molar-refractivity contribution in [3.8, 4) is 0 Å². The number of carbonyl (C=O) groups excluding carboxylic acids is 2. The summed E-state index contributed by atoms with van der Waals surface area (Å²) in [7, 11) is 1.23. The van der Waals surface area contributed by atoms with E-state index in [9.17, 15) is 14.0 Å². The maximum atomic E-state index is 11.9. The first-order valence-electron chi connectivity index (χ1n) is 5.51.